The summed E-state index contributed by atoms with van der Waals surface area (Å²) in [5.41, 5.74) is 14.0. The highest BCUT2D eigenvalue weighted by atomic mass is 32.1. The quantitative estimate of drug-likeness (QED) is 0.164. The number of fused-ring (bicyclic) bond motifs is 30. The van der Waals surface area contributed by atoms with Crippen molar-refractivity contribution in [2.45, 2.75) is 0 Å². The number of nitrogens with zero attached hydrogens (tertiary/aromatic N) is 9. The van der Waals surface area contributed by atoms with Crippen LogP contribution in [0.4, 0.5) is 0 Å². The maximum Gasteiger partial charge on any atom is 0.116 e. The summed E-state index contributed by atoms with van der Waals surface area (Å²) in [6.45, 7) is 0. The normalized spacial score (nSPS) is 12.2. The summed E-state index contributed by atoms with van der Waals surface area (Å²) in [5, 5.41) is 24.2. The lowest BCUT2D eigenvalue weighted by Gasteiger charge is -2.13. The molecule has 0 fully saturated rings. The molecule has 0 saturated carbocycles. The van der Waals surface area contributed by atoms with Gasteiger partial charge in [0.1, 0.15) is 19.0 Å². The zero-order chi connectivity index (χ0) is 67.8. The minimum atomic E-state index is 1.03. The predicted octanol–water partition coefficient (Wildman–Crippen LogP) is 26.0. The van der Waals surface area contributed by atoms with Crippen LogP contribution in [0.1, 0.15) is 0 Å². The van der Waals surface area contributed by atoms with Gasteiger partial charge in [-0.05, 0) is 135 Å². The first-order chi connectivity index (χ1) is 51.6. The molecule has 0 radical (unpaired) electrons. The molecule has 0 aliphatic heterocycles. The summed E-state index contributed by atoms with van der Waals surface area (Å²) >= 11 is 9.01. The molecule has 0 atom stereocenters. The van der Waals surface area contributed by atoms with Crippen LogP contribution < -0.4 is 0 Å². The number of aromatic nitrogens is 9. The molecule has 0 aliphatic rings. The largest absolute Gasteiger partial charge is 0.309 e. The topological polar surface area (TPSA) is 92.1 Å². The summed E-state index contributed by atoms with van der Waals surface area (Å²) < 4.78 is 19.7. The fraction of sp³-hybridized carbons (Fsp3) is 0. The van der Waals surface area contributed by atoms with Crippen LogP contribution in [0.25, 0.3) is 216 Å². The average Bonchev–Trinajstić information content (AvgIpc) is 1.45. The Hall–Kier alpha value is -12.4. The summed E-state index contributed by atoms with van der Waals surface area (Å²) in [4.78, 5) is 26.5. The molecule has 0 N–H and O–H groups in total. The minimum absolute atomic E-state index is 1.03. The molecule has 11 aromatic heterocycles. The Kier molecular flexibility index (Phi) is 12.6. The van der Waals surface area contributed by atoms with Crippen molar-refractivity contribution in [3.8, 4) is 17.1 Å². The van der Waals surface area contributed by atoms with Gasteiger partial charge in [0, 0.05) is 128 Å². The summed E-state index contributed by atoms with van der Waals surface area (Å²) in [5.74, 6) is 0. The van der Waals surface area contributed by atoms with Gasteiger partial charge in [0.2, 0.25) is 0 Å². The average molecular weight is 1420 g/mol. The van der Waals surface area contributed by atoms with Gasteiger partial charge < -0.3 is 13.7 Å². The van der Waals surface area contributed by atoms with Crippen molar-refractivity contribution in [2.24, 2.45) is 0 Å². The predicted molar refractivity (Wildman–Crippen MR) is 446 cm³/mol. The van der Waals surface area contributed by atoms with E-state index in [0.29, 0.717) is 0 Å². The molecule has 0 aliphatic carbocycles. The van der Waals surface area contributed by atoms with Gasteiger partial charge in [-0.2, -0.15) is 0 Å². The lowest BCUT2D eigenvalue weighted by atomic mass is 9.94. The van der Waals surface area contributed by atoms with Gasteiger partial charge in [-0.3, -0.25) is 0 Å². The zero-order valence-electron chi connectivity index (χ0n) is 54.9. The van der Waals surface area contributed by atoms with Gasteiger partial charge >= 0.3 is 0 Å². The number of hydrogen-bond acceptors (Lipinski definition) is 11. The number of para-hydroxylation sites is 3. The van der Waals surface area contributed by atoms with E-state index in [9.17, 15) is 0 Å². The molecule has 25 aromatic rings. The van der Waals surface area contributed by atoms with Gasteiger partial charge in [0.25, 0.3) is 0 Å². The molecule has 484 valence electrons. The van der Waals surface area contributed by atoms with Crippen molar-refractivity contribution in [3.05, 3.63) is 298 Å². The van der Waals surface area contributed by atoms with Crippen LogP contribution in [0.5, 0.6) is 0 Å². The van der Waals surface area contributed by atoms with Crippen LogP contribution in [0.3, 0.4) is 0 Å². The first-order valence-corrected chi connectivity index (χ1v) is 38.5. The van der Waals surface area contributed by atoms with Crippen LogP contribution in [-0.2, 0) is 0 Å². The fourth-order valence-electron chi connectivity index (χ4n) is 16.5. The lowest BCUT2D eigenvalue weighted by molar-refractivity contribution is 1.19. The first-order valence-electron chi connectivity index (χ1n) is 34.4. The van der Waals surface area contributed by atoms with E-state index in [0.717, 1.165) is 30.6 Å². The molecule has 0 saturated heterocycles. The van der Waals surface area contributed by atoms with E-state index < -0.39 is 0 Å². The second kappa shape index (κ2) is 22.5. The maximum absolute atomic E-state index is 4.60. The number of thiophene rings is 5. The molecule has 14 aromatic carbocycles. The molecule has 0 amide bonds. The van der Waals surface area contributed by atoms with Crippen molar-refractivity contribution >= 4 is 256 Å². The van der Waals surface area contributed by atoms with Crippen molar-refractivity contribution in [2.75, 3.05) is 0 Å². The highest BCUT2D eigenvalue weighted by molar-refractivity contribution is 7.27. The smallest absolute Gasteiger partial charge is 0.116 e. The number of rotatable bonds is 3. The van der Waals surface area contributed by atoms with Crippen LogP contribution in [0.15, 0.2) is 298 Å². The van der Waals surface area contributed by atoms with E-state index >= 15 is 0 Å². The second-order valence-electron chi connectivity index (χ2n) is 26.5. The molecule has 9 nitrogen and oxygen atoms in total. The van der Waals surface area contributed by atoms with E-state index in [1.165, 1.54) is 185 Å². The lowest BCUT2D eigenvalue weighted by Crippen LogP contribution is -1.94. The molecule has 11 heterocycles. The van der Waals surface area contributed by atoms with E-state index in [-0.39, 0.29) is 0 Å². The summed E-state index contributed by atoms with van der Waals surface area (Å²) in [6.07, 6.45) is 10.7. The van der Waals surface area contributed by atoms with Crippen LogP contribution in [0, 0.1) is 0 Å². The molecule has 0 bridgehead atoms. The van der Waals surface area contributed by atoms with E-state index in [2.05, 4.69) is 304 Å². The standard InChI is InChI=1S/C34H19N3S.2C28H15N3S2/c1-2-9-23-21(7-1)22-8-3-4-10-24(22)27-15-20(13-14-25(23)27)37-30-12-6-5-11-26(30)28-16-29-32(17-31(28)37)38-33-18-35-19-36-34(29)33;1-3-9-21-16(6-1)19-12-20-25(32-26-14-29-15-30-27(20)26)13-23(19)31(21)22-10-5-8-18-17-7-2-4-11-24(17)33-28(18)22;1-3-7-22-17(5-1)19-12-21-26(33-27-14-29-15-30-28(21)27)13-23(19)31(22)16-9-10-25-20(11-16)18-6-2-4-8-24(18)32-25/h1-19H;2*1-15H. The Balaban J connectivity index is 0.0000000957. The van der Waals surface area contributed by atoms with Gasteiger partial charge in [-0.25, -0.2) is 29.9 Å². The van der Waals surface area contributed by atoms with Gasteiger partial charge in [0.15, 0.2) is 0 Å². The Morgan fingerprint density at radius 1 is 0.202 bits per heavy atom. The van der Waals surface area contributed by atoms with E-state index in [1.807, 2.05) is 41.3 Å². The van der Waals surface area contributed by atoms with E-state index in [1.54, 1.807) is 53.0 Å². The van der Waals surface area contributed by atoms with Crippen LogP contribution in [-0.4, -0.2) is 43.6 Å². The van der Waals surface area contributed by atoms with E-state index in [4.69, 9.17) is 0 Å². The molecule has 104 heavy (non-hydrogen) atoms. The van der Waals surface area contributed by atoms with Gasteiger partial charge in [-0.1, -0.05) is 158 Å². The molecule has 0 unspecified atom stereocenters. The third-order valence-electron chi connectivity index (χ3n) is 21.0. The van der Waals surface area contributed by atoms with Gasteiger partial charge in [0.05, 0.1) is 74.1 Å². The maximum atomic E-state index is 4.60. The summed E-state index contributed by atoms with van der Waals surface area (Å²) in [6, 6.07) is 95.5. The Morgan fingerprint density at radius 3 is 1.06 bits per heavy atom. The summed E-state index contributed by atoms with van der Waals surface area (Å²) in [7, 11) is 0. The van der Waals surface area contributed by atoms with Crippen LogP contribution in [0.2, 0.25) is 0 Å². The van der Waals surface area contributed by atoms with Crippen LogP contribution >= 0.6 is 56.7 Å². The minimum Gasteiger partial charge on any atom is -0.309 e. The fourth-order valence-corrected chi connectivity index (χ4v) is 22.0. The molecular weight excluding hydrogens is 1370 g/mol. The molecule has 14 heteroatoms. The first kappa shape index (κ1) is 58.3. The monoisotopic (exact) mass is 1420 g/mol. The van der Waals surface area contributed by atoms with Crippen molar-refractivity contribution in [1.82, 2.24) is 43.6 Å². The third-order valence-corrected chi connectivity index (χ3v) is 26.6. The SMILES string of the molecule is c1ccc2c(c1)c1ccccc1c1cc(-n3c4ccccc4c4cc5c(cc43)sc3cncnc35)ccc21.c1ccc2c(c1)sc1c(-n3c4ccccc4c4cc5c(cc43)sc3cncnc35)cccc12.c1ccc2c(c1)sc1ccc(-n3c4ccccc4c4cc5c(cc43)sc3cncnc35)cc12. The highest BCUT2D eigenvalue weighted by Crippen LogP contribution is 2.47. The zero-order valence-corrected chi connectivity index (χ0v) is 58.9. The van der Waals surface area contributed by atoms with Gasteiger partial charge in [-0.15, -0.1) is 56.7 Å². The van der Waals surface area contributed by atoms with Crippen molar-refractivity contribution in [1.29, 1.82) is 0 Å². The number of hydrogen-bond donors (Lipinski definition) is 0. The Morgan fingerprint density at radius 2 is 0.558 bits per heavy atom. The highest BCUT2D eigenvalue weighted by Gasteiger charge is 2.23. The second-order valence-corrected chi connectivity index (χ2v) is 31.9. The molecule has 0 spiro atoms. The Bertz CT molecular complexity index is 7930. The number of benzene rings is 14. The third kappa shape index (κ3) is 8.62. The Labute approximate surface area is 609 Å². The van der Waals surface area contributed by atoms with Crippen molar-refractivity contribution in [3.63, 3.8) is 0 Å². The molecule has 25 rings (SSSR count). The van der Waals surface area contributed by atoms with Crippen molar-refractivity contribution < 1.29 is 0 Å². The molecular formula is C90H49N9S5.